The van der Waals surface area contributed by atoms with Gasteiger partial charge in [-0.3, -0.25) is 0 Å². The molecule has 0 unspecified atom stereocenters. The lowest BCUT2D eigenvalue weighted by Crippen LogP contribution is -2.12. The van der Waals surface area contributed by atoms with Crippen molar-refractivity contribution in [3.8, 4) is 61.3 Å². The Morgan fingerprint density at radius 1 is 0.304 bits per heavy atom. The summed E-state index contributed by atoms with van der Waals surface area (Å²) in [6.45, 7) is 0. The highest BCUT2D eigenvalue weighted by molar-refractivity contribution is 6.17. The second kappa shape index (κ2) is 16.9. The Kier molecular flexibility index (Phi) is 9.84. The zero-order valence-electron chi connectivity index (χ0n) is 37.7. The number of anilines is 3. The average Bonchev–Trinajstić information content (AvgIpc) is 3.98. The first kappa shape index (κ1) is 40.1. The Labute approximate surface area is 401 Å². The highest BCUT2D eigenvalue weighted by Gasteiger charge is 2.25. The van der Waals surface area contributed by atoms with E-state index in [2.05, 4.69) is 270 Å². The van der Waals surface area contributed by atoms with Crippen LogP contribution in [0.3, 0.4) is 0 Å². The molecule has 0 bridgehead atoms. The quantitative estimate of drug-likeness (QED) is 0.144. The highest BCUT2D eigenvalue weighted by Crippen LogP contribution is 2.49. The molecule has 11 aromatic carbocycles. The molecule has 13 aromatic rings. The fraction of sp³-hybridized carbons (Fsp3) is 0. The van der Waals surface area contributed by atoms with Crippen LogP contribution < -0.4 is 4.90 Å². The summed E-state index contributed by atoms with van der Waals surface area (Å²) in [5, 5.41) is 4.58. The van der Waals surface area contributed by atoms with Crippen molar-refractivity contribution in [1.29, 1.82) is 0 Å². The molecule has 0 amide bonds. The van der Waals surface area contributed by atoms with E-state index in [0.717, 1.165) is 89.1 Å². The van der Waals surface area contributed by atoms with Gasteiger partial charge in [-0.05, 0) is 93.5 Å². The SMILES string of the molecule is c1ccc(-c2ccc(-c3ccccc3-n3c4ccccc4c4c(N(c5cccc(-c6ccccc6)c5)c5ccc(-c6cccc7c6oc6ccccc67)cc5-c5ccccc5)cccc43)cc2)cc1. The van der Waals surface area contributed by atoms with Crippen LogP contribution in [0.5, 0.6) is 0 Å². The van der Waals surface area contributed by atoms with E-state index >= 15 is 0 Å². The zero-order chi connectivity index (χ0) is 45.7. The van der Waals surface area contributed by atoms with Gasteiger partial charge >= 0.3 is 0 Å². The predicted octanol–water partition coefficient (Wildman–Crippen LogP) is 18.5. The molecule has 13 rings (SSSR count). The second-order valence-electron chi connectivity index (χ2n) is 17.6. The zero-order valence-corrected chi connectivity index (χ0v) is 37.7. The summed E-state index contributed by atoms with van der Waals surface area (Å²) in [6.07, 6.45) is 0. The minimum Gasteiger partial charge on any atom is -0.455 e. The van der Waals surface area contributed by atoms with Crippen LogP contribution in [0.1, 0.15) is 0 Å². The summed E-state index contributed by atoms with van der Waals surface area (Å²) in [6, 6.07) is 96.2. The van der Waals surface area contributed by atoms with Gasteiger partial charge in [-0.2, -0.15) is 0 Å². The van der Waals surface area contributed by atoms with Gasteiger partial charge in [-0.1, -0.05) is 212 Å². The number of hydrogen-bond donors (Lipinski definition) is 0. The molecule has 0 saturated heterocycles. The first-order valence-corrected chi connectivity index (χ1v) is 23.6. The molecule has 0 N–H and O–H groups in total. The molecule has 2 heterocycles. The van der Waals surface area contributed by atoms with Gasteiger partial charge in [0.15, 0.2) is 0 Å². The summed E-state index contributed by atoms with van der Waals surface area (Å²) < 4.78 is 9.09. The van der Waals surface area contributed by atoms with Crippen molar-refractivity contribution in [2.75, 3.05) is 4.90 Å². The molecular weight excluding hydrogens is 837 g/mol. The van der Waals surface area contributed by atoms with Gasteiger partial charge in [-0.15, -0.1) is 0 Å². The van der Waals surface area contributed by atoms with Gasteiger partial charge < -0.3 is 13.9 Å². The first-order valence-electron chi connectivity index (χ1n) is 23.6. The Balaban J connectivity index is 1.05. The van der Waals surface area contributed by atoms with Gasteiger partial charge in [0.2, 0.25) is 0 Å². The largest absolute Gasteiger partial charge is 0.455 e. The Morgan fingerprint density at radius 3 is 1.64 bits per heavy atom. The predicted molar refractivity (Wildman–Crippen MR) is 290 cm³/mol. The normalized spacial score (nSPS) is 11.5. The third kappa shape index (κ3) is 6.99. The van der Waals surface area contributed by atoms with Gasteiger partial charge in [0, 0.05) is 43.9 Å². The van der Waals surface area contributed by atoms with E-state index in [1.165, 1.54) is 33.0 Å². The average molecular weight is 881 g/mol. The molecule has 324 valence electrons. The van der Waals surface area contributed by atoms with E-state index in [1.807, 2.05) is 6.07 Å². The molecule has 0 aliphatic heterocycles. The molecule has 0 aliphatic rings. The standard InChI is InChI=1S/C66H44N2O/c1-4-19-45(20-5-1)47-37-39-49(40-38-47)53-27-10-13-32-59(53)68-60-33-14-11-29-57(60)65-62(34-18-35-63(65)68)67(52-26-16-25-50(43-52)46-21-6-2-7-22-46)61-42-41-51(44-58(61)48-23-8-3-9-24-48)54-30-17-31-56-55-28-12-15-36-64(55)69-66(54)56/h1-44H. The van der Waals surface area contributed by atoms with Gasteiger partial charge in [-0.25, -0.2) is 0 Å². The number of fused-ring (bicyclic) bond motifs is 6. The van der Waals surface area contributed by atoms with Gasteiger partial charge in [0.1, 0.15) is 11.2 Å². The number of benzene rings is 11. The molecule has 0 fully saturated rings. The van der Waals surface area contributed by atoms with Crippen molar-refractivity contribution in [2.45, 2.75) is 0 Å². The summed E-state index contributed by atoms with van der Waals surface area (Å²) in [7, 11) is 0. The minimum absolute atomic E-state index is 0.889. The van der Waals surface area contributed by atoms with Crippen LogP contribution in [0.2, 0.25) is 0 Å². The van der Waals surface area contributed by atoms with E-state index in [4.69, 9.17) is 4.42 Å². The third-order valence-electron chi connectivity index (χ3n) is 13.6. The van der Waals surface area contributed by atoms with Crippen LogP contribution in [0.15, 0.2) is 271 Å². The molecule has 0 aliphatic carbocycles. The maximum absolute atomic E-state index is 6.63. The maximum atomic E-state index is 6.63. The fourth-order valence-corrected chi connectivity index (χ4v) is 10.4. The number of nitrogens with zero attached hydrogens (tertiary/aromatic N) is 2. The summed E-state index contributed by atoms with van der Waals surface area (Å²) in [5.41, 5.74) is 19.8. The summed E-state index contributed by atoms with van der Waals surface area (Å²) in [5.74, 6) is 0. The second-order valence-corrected chi connectivity index (χ2v) is 17.6. The third-order valence-corrected chi connectivity index (χ3v) is 13.6. The topological polar surface area (TPSA) is 21.3 Å². The fourth-order valence-electron chi connectivity index (χ4n) is 10.4. The number of hydrogen-bond acceptors (Lipinski definition) is 2. The molecular formula is C66H44N2O. The van der Waals surface area contributed by atoms with Crippen LogP contribution >= 0.6 is 0 Å². The van der Waals surface area contributed by atoms with Crippen LogP contribution in [-0.4, -0.2) is 4.57 Å². The first-order chi connectivity index (χ1) is 34.2. The van der Waals surface area contributed by atoms with E-state index in [0.29, 0.717) is 0 Å². The molecule has 2 aromatic heterocycles. The van der Waals surface area contributed by atoms with Crippen LogP contribution in [-0.2, 0) is 0 Å². The van der Waals surface area contributed by atoms with Crippen LogP contribution in [0, 0.1) is 0 Å². The lowest BCUT2D eigenvalue weighted by Gasteiger charge is -2.29. The molecule has 0 atom stereocenters. The molecule has 3 heteroatoms. The van der Waals surface area contributed by atoms with E-state index in [1.54, 1.807) is 0 Å². The Morgan fingerprint density at radius 2 is 0.841 bits per heavy atom. The molecule has 0 radical (unpaired) electrons. The number of aromatic nitrogens is 1. The smallest absolute Gasteiger partial charge is 0.143 e. The van der Waals surface area contributed by atoms with E-state index in [9.17, 15) is 0 Å². The van der Waals surface area contributed by atoms with Crippen LogP contribution in [0.4, 0.5) is 17.1 Å². The van der Waals surface area contributed by atoms with E-state index < -0.39 is 0 Å². The maximum Gasteiger partial charge on any atom is 0.143 e. The van der Waals surface area contributed by atoms with E-state index in [-0.39, 0.29) is 0 Å². The number of furan rings is 1. The lowest BCUT2D eigenvalue weighted by atomic mass is 9.94. The summed E-state index contributed by atoms with van der Waals surface area (Å²) >= 11 is 0. The Bertz CT molecular complexity index is 4000. The van der Waals surface area contributed by atoms with Gasteiger partial charge in [0.25, 0.3) is 0 Å². The van der Waals surface area contributed by atoms with Crippen LogP contribution in [0.25, 0.3) is 105 Å². The monoisotopic (exact) mass is 880 g/mol. The van der Waals surface area contributed by atoms with Crippen molar-refractivity contribution in [3.63, 3.8) is 0 Å². The highest BCUT2D eigenvalue weighted by atomic mass is 16.3. The lowest BCUT2D eigenvalue weighted by molar-refractivity contribution is 0.670. The van der Waals surface area contributed by atoms with Crippen molar-refractivity contribution in [3.05, 3.63) is 267 Å². The molecule has 0 spiro atoms. The molecule has 0 saturated carbocycles. The van der Waals surface area contributed by atoms with Gasteiger partial charge in [0.05, 0.1) is 28.1 Å². The minimum atomic E-state index is 0.889. The number of para-hydroxylation sites is 4. The number of rotatable bonds is 9. The molecule has 3 nitrogen and oxygen atoms in total. The van der Waals surface area contributed by atoms with Crippen molar-refractivity contribution >= 4 is 60.8 Å². The molecule has 69 heavy (non-hydrogen) atoms. The van der Waals surface area contributed by atoms with Crippen molar-refractivity contribution in [2.24, 2.45) is 0 Å². The van der Waals surface area contributed by atoms with Crippen molar-refractivity contribution in [1.82, 2.24) is 4.57 Å². The summed E-state index contributed by atoms with van der Waals surface area (Å²) in [4.78, 5) is 2.48. The Hall–Kier alpha value is -9.18. The van der Waals surface area contributed by atoms with Crippen molar-refractivity contribution < 1.29 is 4.42 Å².